The Kier molecular flexibility index (Phi) is 5.82. The van der Waals surface area contributed by atoms with Crippen molar-refractivity contribution in [1.29, 1.82) is 0 Å². The lowest BCUT2D eigenvalue weighted by Gasteiger charge is -2.56. The number of nitrogens with one attached hydrogen (secondary N) is 1. The lowest BCUT2D eigenvalue weighted by Crippen LogP contribution is -2.58. The summed E-state index contributed by atoms with van der Waals surface area (Å²) in [7, 11) is 3.45. The molecular weight excluding hydrogens is 376 g/mol. The van der Waals surface area contributed by atoms with Crippen LogP contribution in [-0.2, 0) is 16.1 Å². The molecule has 0 aliphatic heterocycles. The number of ether oxygens (including phenoxy) is 1. The predicted octanol–water partition coefficient (Wildman–Crippen LogP) is 4.01. The summed E-state index contributed by atoms with van der Waals surface area (Å²) < 4.78 is 5.43. The van der Waals surface area contributed by atoms with E-state index in [9.17, 15) is 9.59 Å². The molecule has 0 radical (unpaired) electrons. The van der Waals surface area contributed by atoms with Gasteiger partial charge >= 0.3 is 0 Å². The maximum absolute atomic E-state index is 13.5. The number of amides is 2. The van der Waals surface area contributed by atoms with Gasteiger partial charge in [0.15, 0.2) is 0 Å². The minimum Gasteiger partial charge on any atom is -0.496 e. The zero-order valence-electron chi connectivity index (χ0n) is 18.8. The molecule has 5 heteroatoms. The summed E-state index contributed by atoms with van der Waals surface area (Å²) in [4.78, 5) is 28.5. The molecule has 4 fully saturated rings. The molecule has 0 saturated heterocycles. The van der Waals surface area contributed by atoms with E-state index in [0.717, 1.165) is 30.6 Å². The highest BCUT2D eigenvalue weighted by atomic mass is 16.5. The average molecular weight is 413 g/mol. The molecule has 1 aromatic carbocycles. The quantitative estimate of drug-likeness (QED) is 0.736. The summed E-state index contributed by atoms with van der Waals surface area (Å²) in [6.07, 6.45) is 6.96. The Morgan fingerprint density at radius 2 is 1.67 bits per heavy atom. The topological polar surface area (TPSA) is 58.6 Å². The lowest BCUT2D eigenvalue weighted by atomic mass is 9.49. The smallest absolute Gasteiger partial charge is 0.245 e. The lowest BCUT2D eigenvalue weighted by molar-refractivity contribution is -0.150. The van der Waals surface area contributed by atoms with E-state index in [1.54, 1.807) is 19.1 Å². The fraction of sp³-hybridized carbons (Fsp3) is 0.680. The van der Waals surface area contributed by atoms with Crippen LogP contribution >= 0.6 is 0 Å². The number of para-hydroxylation sites is 1. The van der Waals surface area contributed by atoms with Crippen molar-refractivity contribution in [2.45, 2.75) is 65.0 Å². The molecule has 4 bridgehead atoms. The van der Waals surface area contributed by atoms with Crippen molar-refractivity contribution in [3.8, 4) is 5.75 Å². The van der Waals surface area contributed by atoms with Gasteiger partial charge in [0.2, 0.25) is 11.8 Å². The van der Waals surface area contributed by atoms with Crippen LogP contribution in [0.3, 0.4) is 0 Å². The fourth-order valence-electron chi connectivity index (χ4n) is 6.60. The summed E-state index contributed by atoms with van der Waals surface area (Å²) in [6.45, 7) is 4.48. The van der Waals surface area contributed by atoms with Gasteiger partial charge in [-0.1, -0.05) is 32.0 Å². The third-order valence-corrected chi connectivity index (χ3v) is 7.72. The van der Waals surface area contributed by atoms with E-state index in [2.05, 4.69) is 5.32 Å². The summed E-state index contributed by atoms with van der Waals surface area (Å²) in [5.41, 5.74) is 0.731. The van der Waals surface area contributed by atoms with Gasteiger partial charge in [0, 0.05) is 24.6 Å². The molecule has 2 amide bonds. The highest BCUT2D eigenvalue weighted by molar-refractivity contribution is 5.90. The largest absolute Gasteiger partial charge is 0.496 e. The Balaban J connectivity index is 1.46. The SMILES string of the molecule is COc1ccccc1CN(C)C(=O)C(NC(=O)C12CC3CC(CC(C3)C1)C2)C(C)C. The van der Waals surface area contributed by atoms with Crippen LogP contribution in [0.1, 0.15) is 57.9 Å². The molecule has 4 aliphatic carbocycles. The second kappa shape index (κ2) is 8.24. The van der Waals surface area contributed by atoms with E-state index in [1.165, 1.54) is 19.3 Å². The van der Waals surface area contributed by atoms with Crippen LogP contribution in [0.2, 0.25) is 0 Å². The number of hydrogen-bond donors (Lipinski definition) is 1. The van der Waals surface area contributed by atoms with Crippen LogP contribution in [0.15, 0.2) is 24.3 Å². The molecule has 30 heavy (non-hydrogen) atoms. The predicted molar refractivity (Wildman–Crippen MR) is 117 cm³/mol. The Bertz CT molecular complexity index is 768. The van der Waals surface area contributed by atoms with Crippen LogP contribution in [0.5, 0.6) is 5.75 Å². The Morgan fingerprint density at radius 1 is 1.10 bits per heavy atom. The van der Waals surface area contributed by atoms with Crippen LogP contribution in [-0.4, -0.2) is 36.9 Å². The van der Waals surface area contributed by atoms with E-state index in [0.29, 0.717) is 24.3 Å². The van der Waals surface area contributed by atoms with Crippen molar-refractivity contribution in [3.05, 3.63) is 29.8 Å². The van der Waals surface area contributed by atoms with Gasteiger partial charge in [0.05, 0.1) is 7.11 Å². The summed E-state index contributed by atoms with van der Waals surface area (Å²) in [5, 5.41) is 3.21. The van der Waals surface area contributed by atoms with Gasteiger partial charge in [-0.15, -0.1) is 0 Å². The van der Waals surface area contributed by atoms with Gasteiger partial charge in [-0.3, -0.25) is 9.59 Å². The second-order valence-corrected chi connectivity index (χ2v) is 10.4. The molecule has 0 aromatic heterocycles. The second-order valence-electron chi connectivity index (χ2n) is 10.4. The molecule has 1 atom stereocenters. The molecule has 0 heterocycles. The third-order valence-electron chi connectivity index (χ3n) is 7.72. The van der Waals surface area contributed by atoms with E-state index >= 15 is 0 Å². The van der Waals surface area contributed by atoms with E-state index in [1.807, 2.05) is 38.1 Å². The Labute approximate surface area is 180 Å². The molecule has 5 nitrogen and oxygen atoms in total. The number of nitrogens with zero attached hydrogens (tertiary/aromatic N) is 1. The maximum Gasteiger partial charge on any atom is 0.245 e. The standard InChI is InChI=1S/C25H36N2O3/c1-16(2)22(23(28)27(3)15-20-7-5-6-8-21(20)30-4)26-24(29)25-12-17-9-18(13-25)11-19(10-17)14-25/h5-8,16-19,22H,9-15H2,1-4H3,(H,26,29). The number of methoxy groups -OCH3 is 1. The molecular formula is C25H36N2O3. The number of hydrogen-bond acceptors (Lipinski definition) is 3. The Hall–Kier alpha value is -2.04. The normalized spacial score (nSPS) is 30.2. The average Bonchev–Trinajstić information content (AvgIpc) is 2.70. The third kappa shape index (κ3) is 3.95. The van der Waals surface area contributed by atoms with Gasteiger partial charge < -0.3 is 15.0 Å². The highest BCUT2D eigenvalue weighted by Gasteiger charge is 2.55. The summed E-state index contributed by atoms with van der Waals surface area (Å²) >= 11 is 0. The van der Waals surface area contributed by atoms with Gasteiger partial charge in [-0.25, -0.2) is 0 Å². The van der Waals surface area contributed by atoms with Crippen LogP contribution in [0.25, 0.3) is 0 Å². The van der Waals surface area contributed by atoms with Crippen molar-refractivity contribution in [2.75, 3.05) is 14.2 Å². The molecule has 1 unspecified atom stereocenters. The molecule has 4 saturated carbocycles. The van der Waals surface area contributed by atoms with Crippen molar-refractivity contribution in [3.63, 3.8) is 0 Å². The zero-order valence-corrected chi connectivity index (χ0v) is 18.8. The van der Waals surface area contributed by atoms with Gasteiger partial charge in [-0.05, 0) is 68.3 Å². The molecule has 0 spiro atoms. The first-order chi connectivity index (χ1) is 14.3. The van der Waals surface area contributed by atoms with E-state index < -0.39 is 6.04 Å². The minimum atomic E-state index is -0.495. The zero-order chi connectivity index (χ0) is 21.5. The summed E-state index contributed by atoms with van der Waals surface area (Å²) in [6, 6.07) is 7.26. The number of carbonyl (C=O) groups is 2. The first-order valence-corrected chi connectivity index (χ1v) is 11.5. The van der Waals surface area contributed by atoms with Gasteiger partial charge in [-0.2, -0.15) is 0 Å². The number of benzene rings is 1. The van der Waals surface area contributed by atoms with Crippen LogP contribution in [0, 0.1) is 29.1 Å². The Morgan fingerprint density at radius 3 is 2.20 bits per heavy atom. The summed E-state index contributed by atoms with van der Waals surface area (Å²) in [5.74, 6) is 3.04. The van der Waals surface area contributed by atoms with Gasteiger partial charge in [0.25, 0.3) is 0 Å². The number of rotatable bonds is 7. The molecule has 4 aliphatic rings. The van der Waals surface area contributed by atoms with Crippen molar-refractivity contribution in [2.24, 2.45) is 29.1 Å². The molecule has 164 valence electrons. The highest BCUT2D eigenvalue weighted by Crippen LogP contribution is 2.60. The minimum absolute atomic E-state index is 0.0333. The first kappa shape index (κ1) is 21.2. The first-order valence-electron chi connectivity index (χ1n) is 11.5. The van der Waals surface area contributed by atoms with E-state index in [-0.39, 0.29) is 23.1 Å². The number of likely N-dealkylation sites (N-methyl/N-ethyl adjacent to an activating group) is 1. The molecule has 1 N–H and O–H groups in total. The number of carbonyl (C=O) groups excluding carboxylic acids is 2. The van der Waals surface area contributed by atoms with Gasteiger partial charge in [0.1, 0.15) is 11.8 Å². The fourth-order valence-corrected chi connectivity index (χ4v) is 6.60. The van der Waals surface area contributed by atoms with E-state index in [4.69, 9.17) is 4.74 Å². The van der Waals surface area contributed by atoms with Crippen molar-refractivity contribution < 1.29 is 14.3 Å². The van der Waals surface area contributed by atoms with Crippen molar-refractivity contribution >= 4 is 11.8 Å². The monoisotopic (exact) mass is 412 g/mol. The maximum atomic E-state index is 13.5. The molecule has 1 aromatic rings. The van der Waals surface area contributed by atoms with Crippen LogP contribution < -0.4 is 10.1 Å². The molecule has 5 rings (SSSR count). The van der Waals surface area contributed by atoms with Crippen molar-refractivity contribution in [1.82, 2.24) is 10.2 Å². The van der Waals surface area contributed by atoms with Crippen LogP contribution in [0.4, 0.5) is 0 Å².